The van der Waals surface area contributed by atoms with Crippen LogP contribution < -0.4 is 20.3 Å². The number of fused-ring (bicyclic) bond motifs is 3. The van der Waals surface area contributed by atoms with Gasteiger partial charge in [0, 0.05) is 56.2 Å². The first-order valence-corrected chi connectivity index (χ1v) is 19.9. The Bertz CT molecular complexity index is 2730. The predicted molar refractivity (Wildman–Crippen MR) is 205 cm³/mol. The van der Waals surface area contributed by atoms with E-state index < -0.39 is 103 Å². The molecule has 0 radical (unpaired) electrons. The van der Waals surface area contributed by atoms with Gasteiger partial charge in [-0.1, -0.05) is 30.5 Å². The smallest absolute Gasteiger partial charge is 0.292 e. The molecular weight excluding hydrogens is 850 g/mol. The number of nitrogens with zero attached hydrogens (tertiary/aromatic N) is 7. The molecule has 4 aromatic heterocycles. The van der Waals surface area contributed by atoms with Crippen molar-refractivity contribution in [3.63, 3.8) is 0 Å². The van der Waals surface area contributed by atoms with E-state index in [0.717, 1.165) is 16.7 Å². The Labute approximate surface area is 343 Å². The summed E-state index contributed by atoms with van der Waals surface area (Å²) in [5, 5.41) is 11.3. The van der Waals surface area contributed by atoms with Crippen LogP contribution in [0.25, 0.3) is 27.6 Å². The molecular formula is C38H32ClF8N9O3S. The SMILES string of the molecule is CSNc1nn(C)c2c(-n3c(C(Cc4cc(F)cc(F)c4)NC(=O)Cn4nc(C(F)F)c5c4C(F)(F)C(C)C5)nc4nc(OC5CC(F)(F)C5)ccc4c3=O)ccc(Cl)c12. The van der Waals surface area contributed by atoms with E-state index in [-0.39, 0.29) is 50.1 Å². The van der Waals surface area contributed by atoms with Gasteiger partial charge in [-0.05, 0) is 42.3 Å². The average molecular weight is 882 g/mol. The topological polar surface area (TPSA) is 134 Å². The predicted octanol–water partition coefficient (Wildman–Crippen LogP) is 7.98. The summed E-state index contributed by atoms with van der Waals surface area (Å²) in [6.45, 7) is 0.169. The molecule has 60 heavy (non-hydrogen) atoms. The number of nitrogens with one attached hydrogen (secondary N) is 2. The Morgan fingerprint density at radius 2 is 1.77 bits per heavy atom. The quantitative estimate of drug-likeness (QED) is 0.0928. The van der Waals surface area contributed by atoms with Gasteiger partial charge >= 0.3 is 0 Å². The molecule has 1 fully saturated rings. The number of rotatable bonds is 12. The van der Waals surface area contributed by atoms with Gasteiger partial charge in [-0.15, -0.1) is 0 Å². The Balaban J connectivity index is 1.31. The fourth-order valence-electron chi connectivity index (χ4n) is 7.76. The van der Waals surface area contributed by atoms with Crippen LogP contribution in [0.1, 0.15) is 60.6 Å². The molecule has 22 heteroatoms. The van der Waals surface area contributed by atoms with Crippen molar-refractivity contribution < 1.29 is 44.7 Å². The highest BCUT2D eigenvalue weighted by Crippen LogP contribution is 2.48. The van der Waals surface area contributed by atoms with Crippen LogP contribution in [0, 0.1) is 17.6 Å². The number of benzene rings is 2. The maximum Gasteiger partial charge on any atom is 0.292 e. The van der Waals surface area contributed by atoms with E-state index in [0.29, 0.717) is 22.0 Å². The lowest BCUT2D eigenvalue weighted by atomic mass is 9.91. The van der Waals surface area contributed by atoms with E-state index in [2.05, 4.69) is 30.2 Å². The van der Waals surface area contributed by atoms with Crippen molar-refractivity contribution in [1.82, 2.24) is 39.4 Å². The van der Waals surface area contributed by atoms with Gasteiger partial charge in [-0.25, -0.2) is 31.3 Å². The van der Waals surface area contributed by atoms with Crippen LogP contribution in [0.5, 0.6) is 5.88 Å². The first-order chi connectivity index (χ1) is 28.3. The van der Waals surface area contributed by atoms with Crippen molar-refractivity contribution >= 4 is 57.2 Å². The van der Waals surface area contributed by atoms with E-state index in [1.165, 1.54) is 47.8 Å². The fraction of sp³-hybridized carbons (Fsp3) is 0.368. The number of alkyl halides is 6. The first kappa shape index (κ1) is 41.3. The van der Waals surface area contributed by atoms with Gasteiger partial charge in [0.15, 0.2) is 11.5 Å². The molecule has 0 aliphatic heterocycles. The lowest BCUT2D eigenvalue weighted by Gasteiger charge is -2.34. The summed E-state index contributed by atoms with van der Waals surface area (Å²) in [6.07, 6.45) is -4.41. The third-order valence-corrected chi connectivity index (χ3v) is 11.2. The number of hydrogen-bond donors (Lipinski definition) is 2. The van der Waals surface area contributed by atoms with Crippen molar-refractivity contribution in [3.8, 4) is 11.6 Å². The standard InChI is InChI=1S/C38H32ClF8N9O3S/c1-16-8-22-29(32(42)43)51-55(31(22)38(16,46)47)15-26(57)48-24(11-17-9-18(40)12-19(41)10-17)35-50-33-21(4-7-27(49-33)59-20-13-37(44,45)14-20)36(58)56(35)25-6-5-23(39)28-30(25)54(2)52-34(28)53-60-3/h4-7,9-10,12,16,20,24,32H,8,11,13-15H2,1-3H3,(H,48,57)(H,52,53). The maximum atomic E-state index is 15.4. The number of hydrogen-bond acceptors (Lipinski definition) is 9. The molecule has 8 rings (SSSR count). The molecule has 0 saturated heterocycles. The lowest BCUT2D eigenvalue weighted by Crippen LogP contribution is -2.43. The van der Waals surface area contributed by atoms with Gasteiger partial charge in [0.1, 0.15) is 41.5 Å². The second kappa shape index (κ2) is 15.2. The number of aryl methyl sites for hydroxylation is 1. The third-order valence-electron chi connectivity index (χ3n) is 10.5. The highest BCUT2D eigenvalue weighted by Gasteiger charge is 2.52. The van der Waals surface area contributed by atoms with Crippen LogP contribution in [0.3, 0.4) is 0 Å². The third kappa shape index (κ3) is 7.38. The van der Waals surface area contributed by atoms with Crippen molar-refractivity contribution in [2.45, 2.75) is 69.6 Å². The van der Waals surface area contributed by atoms with Crippen LogP contribution in [0.4, 0.5) is 40.9 Å². The lowest BCUT2D eigenvalue weighted by molar-refractivity contribution is -0.135. The molecule has 2 aromatic carbocycles. The van der Waals surface area contributed by atoms with E-state index in [4.69, 9.17) is 16.3 Å². The Morgan fingerprint density at radius 1 is 1.05 bits per heavy atom. The minimum absolute atomic E-state index is 0.0526. The molecule has 2 aliphatic carbocycles. The van der Waals surface area contributed by atoms with Gasteiger partial charge in [0.05, 0.1) is 33.0 Å². The molecule has 2 N–H and O–H groups in total. The van der Waals surface area contributed by atoms with Crippen LogP contribution in [-0.4, -0.2) is 58.3 Å². The van der Waals surface area contributed by atoms with Gasteiger partial charge < -0.3 is 14.8 Å². The molecule has 4 heterocycles. The number of aromatic nitrogens is 7. The molecule has 12 nitrogen and oxygen atoms in total. The molecule has 0 bridgehead atoms. The molecule has 0 spiro atoms. The summed E-state index contributed by atoms with van der Waals surface area (Å²) in [4.78, 5) is 37.8. The number of amides is 1. The number of anilines is 1. The number of carbonyl (C=O) groups excluding carboxylic acids is 1. The molecule has 316 valence electrons. The first-order valence-electron chi connectivity index (χ1n) is 18.3. The number of carbonyl (C=O) groups is 1. The van der Waals surface area contributed by atoms with Crippen LogP contribution in [0.2, 0.25) is 5.02 Å². The number of pyridine rings is 1. The van der Waals surface area contributed by atoms with E-state index in [1.807, 2.05) is 0 Å². The molecule has 6 aromatic rings. The molecule has 2 aliphatic rings. The Morgan fingerprint density at radius 3 is 2.43 bits per heavy atom. The average Bonchev–Trinajstić information content (AvgIpc) is 3.75. The van der Waals surface area contributed by atoms with E-state index >= 15 is 8.78 Å². The number of halogens is 9. The summed E-state index contributed by atoms with van der Waals surface area (Å²) in [5.41, 5.74) is -2.85. The van der Waals surface area contributed by atoms with Crippen molar-refractivity contribution in [1.29, 1.82) is 0 Å². The van der Waals surface area contributed by atoms with Crippen LogP contribution >= 0.6 is 23.5 Å². The van der Waals surface area contributed by atoms with E-state index in [1.54, 1.807) is 13.3 Å². The zero-order valence-electron chi connectivity index (χ0n) is 31.6. The highest BCUT2D eigenvalue weighted by atomic mass is 35.5. The van der Waals surface area contributed by atoms with Crippen LogP contribution in [-0.2, 0) is 37.2 Å². The van der Waals surface area contributed by atoms with Crippen LogP contribution in [0.15, 0.2) is 47.3 Å². The Kier molecular flexibility index (Phi) is 10.5. The van der Waals surface area contributed by atoms with Crippen molar-refractivity contribution in [3.05, 3.63) is 97.8 Å². The van der Waals surface area contributed by atoms with Gasteiger partial charge in [-0.2, -0.15) is 24.0 Å². The summed E-state index contributed by atoms with van der Waals surface area (Å²) in [6, 6.07) is 6.55. The van der Waals surface area contributed by atoms with E-state index in [9.17, 15) is 35.9 Å². The van der Waals surface area contributed by atoms with Gasteiger partial charge in [0.2, 0.25) is 11.8 Å². The van der Waals surface area contributed by atoms with Crippen molar-refractivity contribution in [2.75, 3.05) is 11.0 Å². The number of ether oxygens (including phenoxy) is 1. The van der Waals surface area contributed by atoms with Gasteiger partial charge in [-0.3, -0.25) is 23.5 Å². The fourth-order valence-corrected chi connectivity index (χ4v) is 8.34. The zero-order valence-corrected chi connectivity index (χ0v) is 33.1. The minimum Gasteiger partial charge on any atom is -0.474 e. The summed E-state index contributed by atoms with van der Waals surface area (Å²) in [5.74, 6) is -11.1. The zero-order chi connectivity index (χ0) is 43.0. The summed E-state index contributed by atoms with van der Waals surface area (Å²) < 4.78 is 127. The monoisotopic (exact) mass is 881 g/mol. The Hall–Kier alpha value is -5.44. The largest absolute Gasteiger partial charge is 0.474 e. The van der Waals surface area contributed by atoms with Gasteiger partial charge in [0.25, 0.3) is 23.8 Å². The maximum absolute atomic E-state index is 15.4. The second-order valence-electron chi connectivity index (χ2n) is 14.7. The second-order valence-corrected chi connectivity index (χ2v) is 15.7. The highest BCUT2D eigenvalue weighted by molar-refractivity contribution is 7.99. The molecule has 1 saturated carbocycles. The molecule has 1 amide bonds. The molecule has 2 atom stereocenters. The molecule has 2 unspecified atom stereocenters. The summed E-state index contributed by atoms with van der Waals surface area (Å²) in [7, 11) is 1.57. The summed E-state index contributed by atoms with van der Waals surface area (Å²) >= 11 is 7.87. The normalized spacial score (nSPS) is 17.6. The minimum atomic E-state index is -3.62. The van der Waals surface area contributed by atoms with Crippen molar-refractivity contribution in [2.24, 2.45) is 13.0 Å².